The first-order valence-corrected chi connectivity index (χ1v) is 5.54. The van der Waals surface area contributed by atoms with Crippen LogP contribution in [-0.2, 0) is 9.47 Å². The van der Waals surface area contributed by atoms with E-state index < -0.39 is 0 Å². The molecule has 15 heavy (non-hydrogen) atoms. The van der Waals surface area contributed by atoms with Crippen molar-refractivity contribution in [2.24, 2.45) is 0 Å². The van der Waals surface area contributed by atoms with Gasteiger partial charge in [0.05, 0.1) is 13.2 Å². The molecule has 2 rings (SSSR count). The summed E-state index contributed by atoms with van der Waals surface area (Å²) in [6.45, 7) is 1.48. The number of hydrogen-bond acceptors (Lipinski definition) is 4. The maximum Gasteiger partial charge on any atom is 0.168 e. The lowest BCUT2D eigenvalue weighted by Crippen LogP contribution is -2.40. The van der Waals surface area contributed by atoms with Gasteiger partial charge < -0.3 is 20.2 Å². The highest BCUT2D eigenvalue weighted by Crippen LogP contribution is 2.35. The number of hydrogen-bond donors (Lipinski definition) is 2. The third kappa shape index (κ3) is 2.58. The zero-order chi connectivity index (χ0) is 10.6. The number of allylic oxidation sites excluding steroid dienone is 1. The molecule has 1 aliphatic carbocycles. The van der Waals surface area contributed by atoms with Crippen molar-refractivity contribution in [3.63, 3.8) is 0 Å². The minimum atomic E-state index is -0.260. The molecule has 2 aliphatic rings. The van der Waals surface area contributed by atoms with Gasteiger partial charge >= 0.3 is 0 Å². The fourth-order valence-corrected chi connectivity index (χ4v) is 2.25. The second-order valence-electron chi connectivity index (χ2n) is 4.07. The van der Waals surface area contributed by atoms with Crippen LogP contribution in [0, 0.1) is 5.41 Å². The van der Waals surface area contributed by atoms with Crippen molar-refractivity contribution in [1.29, 1.82) is 5.41 Å². The van der Waals surface area contributed by atoms with Crippen molar-refractivity contribution < 1.29 is 9.47 Å². The molecular weight excluding hydrogens is 192 g/mol. The molecule has 4 nitrogen and oxygen atoms in total. The van der Waals surface area contributed by atoms with E-state index in [9.17, 15) is 0 Å². The summed E-state index contributed by atoms with van der Waals surface area (Å²) in [5.74, 6) is -0.260. The Kier molecular flexibility index (Phi) is 3.38. The SMILES string of the molecule is N=C/C=C\NC1CCC2(CC1)OCCO2. The van der Waals surface area contributed by atoms with Gasteiger partial charge in [-0.1, -0.05) is 0 Å². The fourth-order valence-electron chi connectivity index (χ4n) is 2.25. The van der Waals surface area contributed by atoms with Gasteiger partial charge in [-0.25, -0.2) is 0 Å². The summed E-state index contributed by atoms with van der Waals surface area (Å²) >= 11 is 0. The lowest BCUT2D eigenvalue weighted by molar-refractivity contribution is -0.179. The smallest absolute Gasteiger partial charge is 0.168 e. The van der Waals surface area contributed by atoms with E-state index in [1.807, 2.05) is 6.20 Å². The van der Waals surface area contributed by atoms with Crippen LogP contribution in [-0.4, -0.2) is 31.3 Å². The van der Waals surface area contributed by atoms with E-state index in [0.29, 0.717) is 6.04 Å². The molecule has 1 aliphatic heterocycles. The van der Waals surface area contributed by atoms with Crippen molar-refractivity contribution in [3.05, 3.63) is 12.3 Å². The van der Waals surface area contributed by atoms with Crippen LogP contribution in [0.5, 0.6) is 0 Å². The van der Waals surface area contributed by atoms with Gasteiger partial charge in [-0.3, -0.25) is 0 Å². The Morgan fingerprint density at radius 1 is 1.20 bits per heavy atom. The normalized spacial score (nSPS) is 26.1. The largest absolute Gasteiger partial charge is 0.388 e. The van der Waals surface area contributed by atoms with Gasteiger partial charge in [-0.05, 0) is 25.1 Å². The lowest BCUT2D eigenvalue weighted by Gasteiger charge is -2.35. The fraction of sp³-hybridized carbons (Fsp3) is 0.727. The van der Waals surface area contributed by atoms with E-state index in [-0.39, 0.29) is 5.79 Å². The van der Waals surface area contributed by atoms with Crippen LogP contribution in [0.25, 0.3) is 0 Å². The van der Waals surface area contributed by atoms with E-state index in [0.717, 1.165) is 38.9 Å². The Morgan fingerprint density at radius 2 is 1.87 bits per heavy atom. The first-order valence-electron chi connectivity index (χ1n) is 5.54. The molecule has 0 atom stereocenters. The predicted octanol–water partition coefficient (Wildman–Crippen LogP) is 1.42. The highest BCUT2D eigenvalue weighted by Gasteiger charge is 2.39. The Hall–Kier alpha value is -0.870. The van der Waals surface area contributed by atoms with E-state index in [1.165, 1.54) is 6.21 Å². The van der Waals surface area contributed by atoms with Gasteiger partial charge in [0.25, 0.3) is 0 Å². The highest BCUT2D eigenvalue weighted by molar-refractivity contribution is 5.67. The van der Waals surface area contributed by atoms with Crippen LogP contribution in [0.15, 0.2) is 12.3 Å². The molecule has 1 saturated heterocycles. The van der Waals surface area contributed by atoms with E-state index in [1.54, 1.807) is 6.08 Å². The molecule has 0 aromatic carbocycles. The molecule has 0 amide bonds. The quantitative estimate of drug-likeness (QED) is 0.693. The van der Waals surface area contributed by atoms with Crippen molar-refractivity contribution in [1.82, 2.24) is 5.32 Å². The number of rotatable bonds is 3. The standard InChI is InChI=1S/C11H18N2O2/c12-6-1-7-13-10-2-4-11(5-3-10)14-8-9-15-11/h1,6-7,10,12-13H,2-5,8-9H2/b7-1-,12-6?. The molecule has 0 bridgehead atoms. The van der Waals surface area contributed by atoms with E-state index >= 15 is 0 Å². The molecule has 0 aromatic heterocycles. The Labute approximate surface area is 90.1 Å². The minimum absolute atomic E-state index is 0.260. The van der Waals surface area contributed by atoms with Crippen LogP contribution < -0.4 is 5.32 Å². The number of nitrogens with one attached hydrogen (secondary N) is 2. The van der Waals surface area contributed by atoms with E-state index in [2.05, 4.69) is 5.32 Å². The molecule has 2 N–H and O–H groups in total. The molecule has 4 heteroatoms. The van der Waals surface area contributed by atoms with Gasteiger partial charge in [-0.2, -0.15) is 0 Å². The van der Waals surface area contributed by atoms with Gasteiger partial charge in [0.15, 0.2) is 5.79 Å². The second kappa shape index (κ2) is 4.77. The summed E-state index contributed by atoms with van der Waals surface area (Å²) in [7, 11) is 0. The Balaban J connectivity index is 1.76. The first kappa shape index (κ1) is 10.6. The molecule has 0 aromatic rings. The topological polar surface area (TPSA) is 54.3 Å². The zero-order valence-electron chi connectivity index (χ0n) is 8.87. The molecule has 2 fully saturated rings. The monoisotopic (exact) mass is 210 g/mol. The average Bonchev–Trinajstić information content (AvgIpc) is 2.71. The van der Waals surface area contributed by atoms with Crippen LogP contribution in [0.1, 0.15) is 25.7 Å². The molecular formula is C11H18N2O2. The van der Waals surface area contributed by atoms with Gasteiger partial charge in [0, 0.05) is 25.1 Å². The third-order valence-corrected chi connectivity index (χ3v) is 3.09. The summed E-state index contributed by atoms with van der Waals surface area (Å²) in [5.41, 5.74) is 0. The minimum Gasteiger partial charge on any atom is -0.388 e. The highest BCUT2D eigenvalue weighted by atomic mass is 16.7. The van der Waals surface area contributed by atoms with Crippen LogP contribution in [0.2, 0.25) is 0 Å². The zero-order valence-corrected chi connectivity index (χ0v) is 8.87. The summed E-state index contributed by atoms with van der Waals surface area (Å²) in [6, 6.07) is 0.500. The van der Waals surface area contributed by atoms with Gasteiger partial charge in [0.1, 0.15) is 0 Å². The van der Waals surface area contributed by atoms with Crippen molar-refractivity contribution in [2.45, 2.75) is 37.5 Å². The molecule has 84 valence electrons. The lowest BCUT2D eigenvalue weighted by atomic mass is 9.90. The van der Waals surface area contributed by atoms with Crippen molar-refractivity contribution in [3.8, 4) is 0 Å². The summed E-state index contributed by atoms with van der Waals surface area (Å²) in [6.07, 6.45) is 8.91. The summed E-state index contributed by atoms with van der Waals surface area (Å²) < 4.78 is 11.3. The molecule has 1 heterocycles. The summed E-state index contributed by atoms with van der Waals surface area (Å²) in [4.78, 5) is 0. The van der Waals surface area contributed by atoms with Crippen molar-refractivity contribution in [2.75, 3.05) is 13.2 Å². The number of ether oxygens (including phenoxy) is 2. The van der Waals surface area contributed by atoms with Crippen LogP contribution in [0.4, 0.5) is 0 Å². The van der Waals surface area contributed by atoms with E-state index in [4.69, 9.17) is 14.9 Å². The molecule has 0 unspecified atom stereocenters. The Morgan fingerprint density at radius 3 is 2.47 bits per heavy atom. The summed E-state index contributed by atoms with van der Waals surface area (Å²) in [5, 5.41) is 10.1. The maximum atomic E-state index is 6.86. The predicted molar refractivity (Wildman–Crippen MR) is 58.0 cm³/mol. The third-order valence-electron chi connectivity index (χ3n) is 3.09. The molecule has 1 saturated carbocycles. The molecule has 0 radical (unpaired) electrons. The Bertz CT molecular complexity index is 237. The molecule has 1 spiro atoms. The second-order valence-corrected chi connectivity index (χ2v) is 4.07. The van der Waals surface area contributed by atoms with Crippen LogP contribution in [0.3, 0.4) is 0 Å². The van der Waals surface area contributed by atoms with Crippen LogP contribution >= 0.6 is 0 Å². The van der Waals surface area contributed by atoms with Gasteiger partial charge in [0.2, 0.25) is 0 Å². The first-order chi connectivity index (χ1) is 7.35. The van der Waals surface area contributed by atoms with Crippen molar-refractivity contribution >= 4 is 6.21 Å². The average molecular weight is 210 g/mol. The maximum absolute atomic E-state index is 6.86. The van der Waals surface area contributed by atoms with Gasteiger partial charge in [-0.15, -0.1) is 0 Å².